The van der Waals surface area contributed by atoms with E-state index in [1.807, 2.05) is 0 Å². The van der Waals surface area contributed by atoms with Gasteiger partial charge in [0, 0.05) is 5.69 Å². The van der Waals surface area contributed by atoms with E-state index in [0.29, 0.717) is 0 Å². The van der Waals surface area contributed by atoms with Gasteiger partial charge in [-0.1, -0.05) is 105 Å². The van der Waals surface area contributed by atoms with E-state index < -0.39 is 8.24 Å². The number of anilines is 1. The van der Waals surface area contributed by atoms with E-state index in [2.05, 4.69) is 91.3 Å². The zero-order valence-corrected chi connectivity index (χ0v) is 18.6. The molecule has 1 nitrogen and oxygen atoms in total. The van der Waals surface area contributed by atoms with Gasteiger partial charge in [0.2, 0.25) is 8.24 Å². The van der Waals surface area contributed by atoms with Crippen molar-refractivity contribution in [3.05, 3.63) is 83.6 Å². The van der Waals surface area contributed by atoms with Crippen molar-refractivity contribution < 1.29 is 0 Å². The molecule has 1 N–H and O–H groups in total. The Balaban J connectivity index is 1.80. The monoisotopic (exact) mass is 389 g/mol. The van der Waals surface area contributed by atoms with Gasteiger partial charge < -0.3 is 4.98 Å². The molecule has 0 fully saturated rings. The molecule has 1 unspecified atom stereocenters. The lowest BCUT2D eigenvalue weighted by molar-refractivity contribution is 0.608. The average Bonchev–Trinajstić information content (AvgIpc) is 3.21. The third-order valence-corrected chi connectivity index (χ3v) is 9.96. The van der Waals surface area contributed by atoms with E-state index >= 15 is 0 Å². The molecule has 0 aromatic heterocycles. The van der Waals surface area contributed by atoms with Crippen LogP contribution >= 0.6 is 0 Å². The molecule has 2 aromatic rings. The number of unbranched alkanes of at least 4 members (excludes halogenated alkanes) is 5. The van der Waals surface area contributed by atoms with Crippen LogP contribution in [0.25, 0.3) is 0 Å². The quantitative estimate of drug-likeness (QED) is 0.318. The van der Waals surface area contributed by atoms with Crippen molar-refractivity contribution in [2.45, 2.75) is 64.8 Å². The number of hydrogen-bond acceptors (Lipinski definition) is 1. The Morgan fingerprint density at radius 3 is 2.18 bits per heavy atom. The van der Waals surface area contributed by atoms with E-state index in [1.165, 1.54) is 55.8 Å². The second-order valence-corrected chi connectivity index (χ2v) is 11.8. The molecule has 0 heterocycles. The minimum absolute atomic E-state index is 1.10. The molecule has 0 saturated carbocycles. The highest BCUT2D eigenvalue weighted by molar-refractivity contribution is 6.99. The summed E-state index contributed by atoms with van der Waals surface area (Å²) < 4.78 is 0. The molecule has 28 heavy (non-hydrogen) atoms. The van der Waals surface area contributed by atoms with Gasteiger partial charge in [0.15, 0.2) is 0 Å². The Morgan fingerprint density at radius 2 is 1.46 bits per heavy atom. The number of nitrogens with one attached hydrogen (secondary N) is 1. The normalized spacial score (nSPS) is 15.6. The smallest absolute Gasteiger partial charge is 0.211 e. The zero-order valence-electron chi connectivity index (χ0n) is 17.6. The molecule has 1 aliphatic rings. The first-order valence-corrected chi connectivity index (χ1v) is 13.5. The molecule has 0 saturated heterocycles. The minimum atomic E-state index is -2.01. The van der Waals surface area contributed by atoms with Crippen LogP contribution in [-0.2, 0) is 0 Å². The van der Waals surface area contributed by atoms with Crippen LogP contribution in [0.3, 0.4) is 0 Å². The fourth-order valence-electron chi connectivity index (χ4n) is 4.31. The molecule has 1 atom stereocenters. The van der Waals surface area contributed by atoms with Crippen LogP contribution in [-0.4, -0.2) is 8.24 Å². The van der Waals surface area contributed by atoms with Crippen molar-refractivity contribution in [2.24, 2.45) is 0 Å². The van der Waals surface area contributed by atoms with E-state index in [-0.39, 0.29) is 0 Å². The molecular formula is C26H35NSi. The van der Waals surface area contributed by atoms with E-state index in [0.717, 1.165) is 6.42 Å². The predicted molar refractivity (Wildman–Crippen MR) is 127 cm³/mol. The Hall–Kier alpha value is -2.06. The fraction of sp³-hybridized carbons (Fsp3) is 0.385. The summed E-state index contributed by atoms with van der Waals surface area (Å²) in [5.74, 6) is 0. The molecule has 0 amide bonds. The van der Waals surface area contributed by atoms with Crippen LogP contribution in [0.4, 0.5) is 5.69 Å². The Kier molecular flexibility index (Phi) is 7.73. The van der Waals surface area contributed by atoms with Crippen molar-refractivity contribution >= 4 is 19.1 Å². The van der Waals surface area contributed by atoms with Crippen LogP contribution in [0.5, 0.6) is 0 Å². The number of rotatable bonds is 11. The first kappa shape index (κ1) is 20.7. The van der Waals surface area contributed by atoms with Crippen molar-refractivity contribution in [3.8, 4) is 0 Å². The lowest BCUT2D eigenvalue weighted by atomic mass is 10.1. The van der Waals surface area contributed by atoms with Gasteiger partial charge in [0.05, 0.1) is 0 Å². The van der Waals surface area contributed by atoms with Crippen LogP contribution < -0.4 is 10.2 Å². The third kappa shape index (κ3) is 5.26. The second kappa shape index (κ2) is 10.5. The maximum absolute atomic E-state index is 4.00. The molecule has 0 radical (unpaired) electrons. The van der Waals surface area contributed by atoms with Gasteiger partial charge in [-0.05, 0) is 48.3 Å². The Labute approximate surface area is 172 Å². The third-order valence-electron chi connectivity index (χ3n) is 5.95. The largest absolute Gasteiger partial charge is 0.404 e. The van der Waals surface area contributed by atoms with Gasteiger partial charge in [-0.25, -0.2) is 0 Å². The predicted octanol–water partition coefficient (Wildman–Crippen LogP) is 7.13. The van der Waals surface area contributed by atoms with Gasteiger partial charge in [-0.3, -0.25) is 0 Å². The van der Waals surface area contributed by atoms with E-state index in [9.17, 15) is 0 Å². The van der Waals surface area contributed by atoms with Crippen LogP contribution in [0, 0.1) is 0 Å². The van der Waals surface area contributed by atoms with Crippen molar-refractivity contribution in [1.29, 1.82) is 0 Å². The molecule has 148 valence electrons. The standard InChI is InChI=1S/C26H35NSi/c1-3-4-5-6-7-10-16-23-17-15-22-26(23)28(2,25-20-13-9-14-21-25)27-24-18-11-8-12-19-24/h8-9,11-15,17-21,27H,3-7,10,16,22H2,1-2H3. The molecule has 3 rings (SSSR count). The molecule has 0 bridgehead atoms. The minimum Gasteiger partial charge on any atom is -0.404 e. The summed E-state index contributed by atoms with van der Waals surface area (Å²) >= 11 is 0. The highest BCUT2D eigenvalue weighted by Gasteiger charge is 2.36. The van der Waals surface area contributed by atoms with Crippen LogP contribution in [0.15, 0.2) is 83.6 Å². The van der Waals surface area contributed by atoms with Crippen LogP contribution in [0.2, 0.25) is 6.55 Å². The van der Waals surface area contributed by atoms with Crippen LogP contribution in [0.1, 0.15) is 58.3 Å². The summed E-state index contributed by atoms with van der Waals surface area (Å²) in [6.07, 6.45) is 15.3. The SMILES string of the molecule is CCCCCCCCC1=C([Si](C)(Nc2ccccc2)c2ccccc2)CC=C1. The second-order valence-electron chi connectivity index (χ2n) is 8.11. The molecule has 2 aromatic carbocycles. The molecule has 1 aliphatic carbocycles. The lowest BCUT2D eigenvalue weighted by Gasteiger charge is -2.33. The first-order valence-electron chi connectivity index (χ1n) is 11.0. The highest BCUT2D eigenvalue weighted by atomic mass is 28.3. The average molecular weight is 390 g/mol. The number of benzene rings is 2. The summed E-state index contributed by atoms with van der Waals surface area (Å²) in [5, 5.41) is 3.13. The maximum Gasteiger partial charge on any atom is 0.211 e. The Bertz CT molecular complexity index is 779. The topological polar surface area (TPSA) is 12.0 Å². The van der Waals surface area contributed by atoms with Crippen molar-refractivity contribution in [2.75, 3.05) is 4.98 Å². The lowest BCUT2D eigenvalue weighted by Crippen LogP contribution is -2.54. The summed E-state index contributed by atoms with van der Waals surface area (Å²) in [7, 11) is -2.01. The van der Waals surface area contributed by atoms with Gasteiger partial charge in [-0.15, -0.1) is 0 Å². The van der Waals surface area contributed by atoms with Gasteiger partial charge in [0.1, 0.15) is 0 Å². The van der Waals surface area contributed by atoms with Gasteiger partial charge in [0.25, 0.3) is 0 Å². The summed E-state index contributed by atoms with van der Waals surface area (Å²) in [4.78, 5) is 4.00. The van der Waals surface area contributed by atoms with Crippen molar-refractivity contribution in [3.63, 3.8) is 0 Å². The summed E-state index contributed by atoms with van der Waals surface area (Å²) in [6.45, 7) is 4.77. The highest BCUT2D eigenvalue weighted by Crippen LogP contribution is 2.32. The van der Waals surface area contributed by atoms with Gasteiger partial charge >= 0.3 is 0 Å². The summed E-state index contributed by atoms with van der Waals surface area (Å²) in [6, 6.07) is 21.9. The van der Waals surface area contributed by atoms with Crippen molar-refractivity contribution in [1.82, 2.24) is 0 Å². The first-order chi connectivity index (χ1) is 13.7. The number of hydrogen-bond donors (Lipinski definition) is 1. The zero-order chi connectivity index (χ0) is 19.7. The Morgan fingerprint density at radius 1 is 0.821 bits per heavy atom. The van der Waals surface area contributed by atoms with E-state index in [4.69, 9.17) is 0 Å². The molecule has 0 spiro atoms. The molecule has 0 aliphatic heterocycles. The molecule has 2 heteroatoms. The summed E-state index contributed by atoms with van der Waals surface area (Å²) in [5.41, 5.74) is 2.83. The van der Waals surface area contributed by atoms with Gasteiger partial charge in [-0.2, -0.15) is 0 Å². The maximum atomic E-state index is 4.00. The number of allylic oxidation sites excluding steroid dienone is 4. The molecular weight excluding hydrogens is 354 g/mol. The van der Waals surface area contributed by atoms with E-state index in [1.54, 1.807) is 10.8 Å². The number of para-hydroxylation sites is 1. The fourth-order valence-corrected chi connectivity index (χ4v) is 7.93.